The number of rotatable bonds is 7. The number of aromatic nitrogens is 1. The lowest BCUT2D eigenvalue weighted by molar-refractivity contribution is 0.0506. The average molecular weight is 270 g/mol. The van der Waals surface area contributed by atoms with Crippen LogP contribution >= 0.6 is 0 Å². The minimum absolute atomic E-state index is 0.0743. The van der Waals surface area contributed by atoms with Crippen LogP contribution in [-0.2, 0) is 11.3 Å². The van der Waals surface area contributed by atoms with Crippen LogP contribution in [0.4, 0.5) is 5.82 Å². The molecule has 0 aliphatic rings. The molecule has 2 rings (SSSR count). The van der Waals surface area contributed by atoms with Crippen molar-refractivity contribution in [3.63, 3.8) is 0 Å². The summed E-state index contributed by atoms with van der Waals surface area (Å²) < 4.78 is 5.88. The van der Waals surface area contributed by atoms with Gasteiger partial charge >= 0.3 is 0 Å². The highest BCUT2D eigenvalue weighted by atomic mass is 16.5. The number of anilines is 1. The first-order valence-electron chi connectivity index (χ1n) is 7.16. The van der Waals surface area contributed by atoms with Crippen molar-refractivity contribution >= 4 is 5.82 Å². The molecule has 0 radical (unpaired) electrons. The third kappa shape index (κ3) is 4.35. The second-order valence-corrected chi connectivity index (χ2v) is 4.80. The first-order valence-corrected chi connectivity index (χ1v) is 7.16. The normalized spacial score (nSPS) is 12.1. The van der Waals surface area contributed by atoms with E-state index in [9.17, 15) is 0 Å². The first-order chi connectivity index (χ1) is 9.79. The highest BCUT2D eigenvalue weighted by Crippen LogP contribution is 2.17. The summed E-state index contributed by atoms with van der Waals surface area (Å²) in [5.41, 5.74) is 2.14. The maximum absolute atomic E-state index is 5.88. The number of nitrogens with zero attached hydrogens (tertiary/aromatic N) is 1. The van der Waals surface area contributed by atoms with Crippen molar-refractivity contribution in [3.05, 3.63) is 59.8 Å². The Balaban J connectivity index is 1.90. The minimum Gasteiger partial charge on any atom is -0.370 e. The van der Waals surface area contributed by atoms with Crippen LogP contribution in [0.5, 0.6) is 0 Å². The van der Waals surface area contributed by atoms with E-state index in [4.69, 9.17) is 4.74 Å². The highest BCUT2D eigenvalue weighted by molar-refractivity contribution is 5.35. The Labute approximate surface area is 121 Å². The predicted molar refractivity (Wildman–Crippen MR) is 82.7 cm³/mol. The molecule has 3 heteroatoms. The van der Waals surface area contributed by atoms with Gasteiger partial charge in [0.15, 0.2) is 0 Å². The Morgan fingerprint density at radius 2 is 1.90 bits per heavy atom. The van der Waals surface area contributed by atoms with E-state index >= 15 is 0 Å². The summed E-state index contributed by atoms with van der Waals surface area (Å²) in [6.45, 7) is 5.67. The fourth-order valence-corrected chi connectivity index (χ4v) is 1.94. The summed E-state index contributed by atoms with van der Waals surface area (Å²) in [5, 5.41) is 3.29. The Morgan fingerprint density at radius 1 is 1.10 bits per heavy atom. The number of hydrogen-bond acceptors (Lipinski definition) is 3. The molecule has 2 aromatic rings. The van der Waals surface area contributed by atoms with Crippen LogP contribution in [0, 0.1) is 0 Å². The van der Waals surface area contributed by atoms with Crippen LogP contribution in [-0.4, -0.2) is 11.5 Å². The van der Waals surface area contributed by atoms with Gasteiger partial charge in [0.1, 0.15) is 5.82 Å². The maximum atomic E-state index is 5.88. The molecular formula is C17H22N2O. The van der Waals surface area contributed by atoms with Crippen molar-refractivity contribution in [2.24, 2.45) is 0 Å². The summed E-state index contributed by atoms with van der Waals surface area (Å²) in [4.78, 5) is 4.54. The number of nitrogens with one attached hydrogen (secondary N) is 1. The third-order valence-electron chi connectivity index (χ3n) is 3.11. The summed E-state index contributed by atoms with van der Waals surface area (Å²) in [6, 6.07) is 16.2. The highest BCUT2D eigenvalue weighted by Gasteiger charge is 2.06. The third-order valence-corrected chi connectivity index (χ3v) is 3.11. The van der Waals surface area contributed by atoms with Crippen molar-refractivity contribution in [3.8, 4) is 0 Å². The van der Waals surface area contributed by atoms with Crippen molar-refractivity contribution in [1.29, 1.82) is 0 Å². The molecule has 1 aromatic heterocycles. The second-order valence-electron chi connectivity index (χ2n) is 4.80. The molecule has 0 aliphatic carbocycles. The van der Waals surface area contributed by atoms with Gasteiger partial charge in [-0.25, -0.2) is 4.98 Å². The molecule has 1 aromatic carbocycles. The van der Waals surface area contributed by atoms with Gasteiger partial charge in [0, 0.05) is 6.54 Å². The smallest absolute Gasteiger partial charge is 0.126 e. The monoisotopic (exact) mass is 270 g/mol. The van der Waals surface area contributed by atoms with Crippen LogP contribution in [0.2, 0.25) is 0 Å². The fourth-order valence-electron chi connectivity index (χ4n) is 1.94. The van der Waals surface area contributed by atoms with E-state index in [1.54, 1.807) is 0 Å². The Kier molecular flexibility index (Phi) is 5.56. The van der Waals surface area contributed by atoms with E-state index in [0.29, 0.717) is 6.61 Å². The standard InChI is InChI=1S/C17H22N2O/c1-3-12-18-17-11-7-10-16(19-17)13-20-14(2)15-8-5-4-6-9-15/h4-11,14H,3,12-13H2,1-2H3,(H,18,19). The van der Waals surface area contributed by atoms with Crippen molar-refractivity contribution in [1.82, 2.24) is 4.98 Å². The van der Waals surface area contributed by atoms with Gasteiger partial charge in [-0.05, 0) is 31.0 Å². The van der Waals surface area contributed by atoms with E-state index in [1.807, 2.05) is 36.4 Å². The second kappa shape index (κ2) is 7.65. The Hall–Kier alpha value is -1.87. The topological polar surface area (TPSA) is 34.1 Å². The molecule has 106 valence electrons. The molecule has 0 saturated carbocycles. The molecule has 0 amide bonds. The molecule has 20 heavy (non-hydrogen) atoms. The van der Waals surface area contributed by atoms with Gasteiger partial charge in [0.05, 0.1) is 18.4 Å². The number of benzene rings is 1. The van der Waals surface area contributed by atoms with E-state index < -0.39 is 0 Å². The number of pyridine rings is 1. The van der Waals surface area contributed by atoms with Gasteiger partial charge in [0.2, 0.25) is 0 Å². The van der Waals surface area contributed by atoms with Crippen molar-refractivity contribution in [2.75, 3.05) is 11.9 Å². The van der Waals surface area contributed by atoms with Crippen LogP contribution in [0.3, 0.4) is 0 Å². The van der Waals surface area contributed by atoms with Gasteiger partial charge < -0.3 is 10.1 Å². The lowest BCUT2D eigenvalue weighted by Crippen LogP contribution is -2.05. The van der Waals surface area contributed by atoms with E-state index in [0.717, 1.165) is 24.5 Å². The Bertz CT molecular complexity index is 513. The number of ether oxygens (including phenoxy) is 1. The summed E-state index contributed by atoms with van der Waals surface area (Å²) >= 11 is 0. The van der Waals surface area contributed by atoms with Crippen LogP contribution < -0.4 is 5.32 Å². The first kappa shape index (κ1) is 14.5. The fraction of sp³-hybridized carbons (Fsp3) is 0.353. The van der Waals surface area contributed by atoms with Crippen molar-refractivity contribution < 1.29 is 4.74 Å². The quantitative estimate of drug-likeness (QED) is 0.819. The number of hydrogen-bond donors (Lipinski definition) is 1. The lowest BCUT2D eigenvalue weighted by Gasteiger charge is -2.13. The largest absolute Gasteiger partial charge is 0.370 e. The lowest BCUT2D eigenvalue weighted by atomic mass is 10.1. The van der Waals surface area contributed by atoms with Crippen LogP contribution in [0.15, 0.2) is 48.5 Å². The molecule has 1 N–H and O–H groups in total. The van der Waals surface area contributed by atoms with E-state index in [-0.39, 0.29) is 6.10 Å². The SMILES string of the molecule is CCCNc1cccc(COC(C)c2ccccc2)n1. The van der Waals surface area contributed by atoms with Gasteiger partial charge in [-0.1, -0.05) is 43.3 Å². The molecular weight excluding hydrogens is 248 g/mol. The van der Waals surface area contributed by atoms with Crippen LogP contribution in [0.25, 0.3) is 0 Å². The molecule has 1 heterocycles. The predicted octanol–water partition coefficient (Wildman–Crippen LogP) is 4.18. The molecule has 0 aliphatic heterocycles. The van der Waals surface area contributed by atoms with E-state index in [2.05, 4.69) is 36.3 Å². The van der Waals surface area contributed by atoms with Crippen LogP contribution in [0.1, 0.15) is 37.6 Å². The molecule has 1 unspecified atom stereocenters. The van der Waals surface area contributed by atoms with Crippen molar-refractivity contribution in [2.45, 2.75) is 33.0 Å². The average Bonchev–Trinajstić information content (AvgIpc) is 2.52. The maximum Gasteiger partial charge on any atom is 0.126 e. The molecule has 1 atom stereocenters. The summed E-state index contributed by atoms with van der Waals surface area (Å²) in [5.74, 6) is 0.917. The van der Waals surface area contributed by atoms with Gasteiger partial charge in [-0.3, -0.25) is 0 Å². The molecule has 0 saturated heterocycles. The van der Waals surface area contributed by atoms with Gasteiger partial charge in [0.25, 0.3) is 0 Å². The minimum atomic E-state index is 0.0743. The molecule has 0 spiro atoms. The molecule has 3 nitrogen and oxygen atoms in total. The molecule has 0 bridgehead atoms. The zero-order valence-electron chi connectivity index (χ0n) is 12.2. The Morgan fingerprint density at radius 3 is 2.65 bits per heavy atom. The van der Waals surface area contributed by atoms with Gasteiger partial charge in [-0.15, -0.1) is 0 Å². The van der Waals surface area contributed by atoms with Gasteiger partial charge in [-0.2, -0.15) is 0 Å². The zero-order chi connectivity index (χ0) is 14.2. The zero-order valence-corrected chi connectivity index (χ0v) is 12.2. The summed E-state index contributed by atoms with van der Waals surface area (Å²) in [6.07, 6.45) is 1.17. The van der Waals surface area contributed by atoms with E-state index in [1.165, 1.54) is 5.56 Å². The summed E-state index contributed by atoms with van der Waals surface area (Å²) in [7, 11) is 0. The molecule has 0 fully saturated rings.